The van der Waals surface area contributed by atoms with E-state index in [9.17, 15) is 0 Å². The Morgan fingerprint density at radius 2 is 2.27 bits per heavy atom. The van der Waals surface area contributed by atoms with Gasteiger partial charge in [-0.05, 0) is 43.7 Å². The molecule has 15 heavy (non-hydrogen) atoms. The predicted octanol–water partition coefficient (Wildman–Crippen LogP) is 3.38. The second kappa shape index (κ2) is 4.65. The molecule has 0 radical (unpaired) electrons. The van der Waals surface area contributed by atoms with E-state index in [1.807, 2.05) is 6.20 Å². The maximum absolute atomic E-state index is 4.38. The third kappa shape index (κ3) is 2.71. The highest BCUT2D eigenvalue weighted by Gasteiger charge is 2.23. The maximum atomic E-state index is 4.38. The first-order valence-electron chi connectivity index (χ1n) is 5.97. The summed E-state index contributed by atoms with van der Waals surface area (Å²) in [4.78, 5) is 4.38. The highest BCUT2D eigenvalue weighted by Crippen LogP contribution is 2.29. The van der Waals surface area contributed by atoms with Crippen molar-refractivity contribution in [3.05, 3.63) is 23.9 Å². The van der Waals surface area contributed by atoms with E-state index in [0.29, 0.717) is 6.04 Å². The molecule has 1 saturated carbocycles. The molecule has 0 amide bonds. The van der Waals surface area contributed by atoms with Crippen molar-refractivity contribution in [3.8, 4) is 0 Å². The number of nitrogens with one attached hydrogen (secondary N) is 1. The molecule has 1 aliphatic carbocycles. The molecule has 0 spiro atoms. The lowest BCUT2D eigenvalue weighted by Crippen LogP contribution is -2.16. The van der Waals surface area contributed by atoms with Gasteiger partial charge in [-0.25, -0.2) is 4.98 Å². The summed E-state index contributed by atoms with van der Waals surface area (Å²) < 4.78 is 0. The Balaban J connectivity index is 1.90. The normalized spacial score (nSPS) is 25.5. The number of rotatable bonds is 3. The van der Waals surface area contributed by atoms with Crippen molar-refractivity contribution < 1.29 is 0 Å². The highest BCUT2D eigenvalue weighted by atomic mass is 15.0. The zero-order valence-corrected chi connectivity index (χ0v) is 9.66. The lowest BCUT2D eigenvalue weighted by atomic mass is 10.1. The second-order valence-electron chi connectivity index (χ2n) is 4.65. The van der Waals surface area contributed by atoms with Crippen LogP contribution >= 0.6 is 0 Å². The molecule has 2 atom stereocenters. The highest BCUT2D eigenvalue weighted by molar-refractivity contribution is 5.36. The van der Waals surface area contributed by atoms with E-state index in [1.165, 1.54) is 31.2 Å². The van der Waals surface area contributed by atoms with Gasteiger partial charge in [0.1, 0.15) is 5.82 Å². The molecule has 0 bridgehead atoms. The molecule has 0 aliphatic heterocycles. The Bertz CT molecular complexity index is 305. The molecule has 0 aromatic carbocycles. The molecular weight excluding hydrogens is 184 g/mol. The summed E-state index contributed by atoms with van der Waals surface area (Å²) in [6.45, 7) is 4.36. The van der Waals surface area contributed by atoms with Gasteiger partial charge < -0.3 is 5.32 Å². The van der Waals surface area contributed by atoms with Gasteiger partial charge in [-0.1, -0.05) is 19.4 Å². The van der Waals surface area contributed by atoms with Gasteiger partial charge in [-0.3, -0.25) is 0 Å². The molecule has 2 nitrogen and oxygen atoms in total. The summed E-state index contributed by atoms with van der Waals surface area (Å²) in [6.07, 6.45) is 7.23. The maximum Gasteiger partial charge on any atom is 0.126 e. The zero-order chi connectivity index (χ0) is 10.7. The summed E-state index contributed by atoms with van der Waals surface area (Å²) in [5.74, 6) is 1.95. The first-order valence-corrected chi connectivity index (χ1v) is 5.97. The minimum atomic E-state index is 0.644. The van der Waals surface area contributed by atoms with Crippen LogP contribution in [0.3, 0.4) is 0 Å². The topological polar surface area (TPSA) is 24.9 Å². The summed E-state index contributed by atoms with van der Waals surface area (Å²) in [5.41, 5.74) is 1.22. The predicted molar refractivity (Wildman–Crippen MR) is 64.0 cm³/mol. The molecule has 2 unspecified atom stereocenters. The zero-order valence-electron chi connectivity index (χ0n) is 9.66. The number of anilines is 1. The van der Waals surface area contributed by atoms with Gasteiger partial charge in [-0.15, -0.1) is 0 Å². The van der Waals surface area contributed by atoms with E-state index in [4.69, 9.17) is 0 Å². The van der Waals surface area contributed by atoms with Crippen molar-refractivity contribution in [2.45, 2.75) is 45.6 Å². The molecule has 2 heteroatoms. The Morgan fingerprint density at radius 1 is 1.40 bits per heavy atom. The number of aromatic nitrogens is 1. The monoisotopic (exact) mass is 204 g/mol. The van der Waals surface area contributed by atoms with Gasteiger partial charge in [0.15, 0.2) is 0 Å². The molecule has 1 heterocycles. The van der Waals surface area contributed by atoms with E-state index < -0.39 is 0 Å². The smallest absolute Gasteiger partial charge is 0.126 e. The van der Waals surface area contributed by atoms with Crippen molar-refractivity contribution >= 4 is 5.82 Å². The Hall–Kier alpha value is -1.05. The first kappa shape index (κ1) is 10.5. The lowest BCUT2D eigenvalue weighted by Gasteiger charge is -2.13. The summed E-state index contributed by atoms with van der Waals surface area (Å²) >= 11 is 0. The molecule has 1 N–H and O–H groups in total. The van der Waals surface area contributed by atoms with Crippen LogP contribution in [0, 0.1) is 12.8 Å². The largest absolute Gasteiger partial charge is 0.367 e. The van der Waals surface area contributed by atoms with E-state index in [-0.39, 0.29) is 0 Å². The van der Waals surface area contributed by atoms with Gasteiger partial charge in [-0.2, -0.15) is 0 Å². The van der Waals surface area contributed by atoms with Crippen molar-refractivity contribution in [3.63, 3.8) is 0 Å². The Morgan fingerprint density at radius 3 is 2.87 bits per heavy atom. The second-order valence-corrected chi connectivity index (χ2v) is 4.65. The standard InChI is InChI=1S/C13H20N2/c1-3-11-5-6-12(8-11)15-13-7-4-10(2)9-14-13/h4,7,9,11-12H,3,5-6,8H2,1-2H3,(H,14,15). The number of nitrogens with zero attached hydrogens (tertiary/aromatic N) is 1. The van der Waals surface area contributed by atoms with Crippen molar-refractivity contribution in [1.29, 1.82) is 0 Å². The number of pyridine rings is 1. The van der Waals surface area contributed by atoms with Crippen LogP contribution in [-0.4, -0.2) is 11.0 Å². The minimum absolute atomic E-state index is 0.644. The van der Waals surface area contributed by atoms with Crippen LogP contribution in [0.4, 0.5) is 5.82 Å². The van der Waals surface area contributed by atoms with Crippen molar-refractivity contribution in [2.24, 2.45) is 5.92 Å². The molecule has 1 aromatic heterocycles. The van der Waals surface area contributed by atoms with Crippen LogP contribution in [0.1, 0.15) is 38.2 Å². The molecular formula is C13H20N2. The van der Waals surface area contributed by atoms with E-state index in [2.05, 4.69) is 36.3 Å². The summed E-state index contributed by atoms with van der Waals surface area (Å²) in [5, 5.41) is 3.52. The van der Waals surface area contributed by atoms with Gasteiger partial charge >= 0.3 is 0 Å². The molecule has 1 aromatic rings. The van der Waals surface area contributed by atoms with Gasteiger partial charge in [0.2, 0.25) is 0 Å². The summed E-state index contributed by atoms with van der Waals surface area (Å²) in [7, 11) is 0. The fourth-order valence-electron chi connectivity index (χ4n) is 2.34. The van der Waals surface area contributed by atoms with Crippen LogP contribution in [-0.2, 0) is 0 Å². The molecule has 1 fully saturated rings. The third-order valence-electron chi connectivity index (χ3n) is 3.38. The SMILES string of the molecule is CCC1CCC(Nc2ccc(C)cn2)C1. The van der Waals surface area contributed by atoms with Crippen molar-refractivity contribution in [1.82, 2.24) is 4.98 Å². The van der Waals surface area contributed by atoms with Crippen LogP contribution < -0.4 is 5.32 Å². The molecule has 1 aliphatic rings. The fourth-order valence-corrected chi connectivity index (χ4v) is 2.34. The average molecular weight is 204 g/mol. The first-order chi connectivity index (χ1) is 7.28. The summed E-state index contributed by atoms with van der Waals surface area (Å²) in [6, 6.07) is 4.83. The van der Waals surface area contributed by atoms with Crippen LogP contribution in [0.5, 0.6) is 0 Å². The Kier molecular flexibility index (Phi) is 3.24. The fraction of sp³-hybridized carbons (Fsp3) is 0.615. The quantitative estimate of drug-likeness (QED) is 0.816. The van der Waals surface area contributed by atoms with Gasteiger partial charge in [0, 0.05) is 12.2 Å². The van der Waals surface area contributed by atoms with E-state index in [0.717, 1.165) is 11.7 Å². The van der Waals surface area contributed by atoms with Crippen LogP contribution in [0.15, 0.2) is 18.3 Å². The molecule has 82 valence electrons. The van der Waals surface area contributed by atoms with Crippen LogP contribution in [0.2, 0.25) is 0 Å². The Labute approximate surface area is 92.1 Å². The average Bonchev–Trinajstić information content (AvgIpc) is 2.69. The number of aryl methyl sites for hydroxylation is 1. The van der Waals surface area contributed by atoms with E-state index >= 15 is 0 Å². The lowest BCUT2D eigenvalue weighted by molar-refractivity contribution is 0.524. The molecule has 0 saturated heterocycles. The van der Waals surface area contributed by atoms with Crippen molar-refractivity contribution in [2.75, 3.05) is 5.32 Å². The van der Waals surface area contributed by atoms with Gasteiger partial charge in [0.05, 0.1) is 0 Å². The number of hydrogen-bond donors (Lipinski definition) is 1. The minimum Gasteiger partial charge on any atom is -0.367 e. The van der Waals surface area contributed by atoms with Crippen LogP contribution in [0.25, 0.3) is 0 Å². The van der Waals surface area contributed by atoms with Gasteiger partial charge in [0.25, 0.3) is 0 Å². The molecule has 2 rings (SSSR count). The van der Waals surface area contributed by atoms with E-state index in [1.54, 1.807) is 0 Å². The number of hydrogen-bond acceptors (Lipinski definition) is 2. The third-order valence-corrected chi connectivity index (χ3v) is 3.38.